The quantitative estimate of drug-likeness (QED) is 0.818. The third-order valence-electron chi connectivity index (χ3n) is 7.47. The molecule has 4 fully saturated rings. The van der Waals surface area contributed by atoms with Crippen LogP contribution in [0.3, 0.4) is 0 Å². The van der Waals surface area contributed by atoms with Gasteiger partial charge in [0.25, 0.3) is 0 Å². The Balaban J connectivity index is 1.36. The highest BCUT2D eigenvalue weighted by Crippen LogP contribution is 2.50. The van der Waals surface area contributed by atoms with Crippen LogP contribution in [-0.4, -0.2) is 39.5 Å². The van der Waals surface area contributed by atoms with E-state index in [1.54, 1.807) is 0 Å². The summed E-state index contributed by atoms with van der Waals surface area (Å²) < 4.78 is 0. The Morgan fingerprint density at radius 1 is 1.32 bits per heavy atom. The normalized spacial score (nSPS) is 34.5. The predicted octanol–water partition coefficient (Wildman–Crippen LogP) is 3.53. The molecular weight excluding hydrogens is 352 g/mol. The van der Waals surface area contributed by atoms with Crippen LogP contribution in [0.15, 0.2) is 18.2 Å². The zero-order chi connectivity index (χ0) is 19.6. The molecule has 2 saturated carbocycles. The summed E-state index contributed by atoms with van der Waals surface area (Å²) in [7, 11) is 0. The number of carbonyl (C=O) groups excluding carboxylic acids is 2. The maximum atomic E-state index is 13.2. The first-order valence-corrected chi connectivity index (χ1v) is 10.9. The number of piperidine rings is 2. The Bertz CT molecular complexity index is 825. The van der Waals surface area contributed by atoms with Crippen LogP contribution < -0.4 is 5.32 Å². The molecule has 3 atom stereocenters. The lowest BCUT2D eigenvalue weighted by molar-refractivity contribution is -0.179. The molecule has 1 aromatic carbocycles. The number of fused-ring (bicyclic) bond motifs is 3. The van der Waals surface area contributed by atoms with Gasteiger partial charge in [0.2, 0.25) is 11.8 Å². The van der Waals surface area contributed by atoms with Crippen molar-refractivity contribution in [2.45, 2.75) is 88.3 Å². The van der Waals surface area contributed by atoms with Crippen molar-refractivity contribution in [3.8, 4) is 0 Å². The van der Waals surface area contributed by atoms with Crippen molar-refractivity contribution in [2.24, 2.45) is 5.92 Å². The minimum atomic E-state index is -0.544. The fourth-order valence-corrected chi connectivity index (χ4v) is 5.94. The van der Waals surface area contributed by atoms with Crippen molar-refractivity contribution >= 4 is 17.5 Å². The molecule has 2 N–H and O–H groups in total. The second-order valence-corrected chi connectivity index (χ2v) is 9.58. The number of carbonyl (C=O) groups is 2. The molecule has 2 amide bonds. The third kappa shape index (κ3) is 2.78. The molecule has 2 bridgehead atoms. The van der Waals surface area contributed by atoms with Crippen molar-refractivity contribution in [3.05, 3.63) is 29.3 Å². The van der Waals surface area contributed by atoms with E-state index in [0.717, 1.165) is 17.7 Å². The summed E-state index contributed by atoms with van der Waals surface area (Å²) in [6.07, 6.45) is 5.77. The molecule has 2 aliphatic carbocycles. The molecule has 2 saturated heterocycles. The summed E-state index contributed by atoms with van der Waals surface area (Å²) in [6.45, 7) is 4.13. The highest BCUT2D eigenvalue weighted by atomic mass is 16.3. The lowest BCUT2D eigenvalue weighted by Crippen LogP contribution is -2.67. The van der Waals surface area contributed by atoms with E-state index >= 15 is 0 Å². The van der Waals surface area contributed by atoms with Crippen LogP contribution in [0.4, 0.5) is 5.69 Å². The number of aliphatic hydroxyl groups is 1. The van der Waals surface area contributed by atoms with Gasteiger partial charge >= 0.3 is 0 Å². The minimum absolute atomic E-state index is 0.0344. The first kappa shape index (κ1) is 18.2. The highest BCUT2D eigenvalue weighted by Gasteiger charge is 2.54. The summed E-state index contributed by atoms with van der Waals surface area (Å²) in [4.78, 5) is 28.1. The second-order valence-electron chi connectivity index (χ2n) is 9.58. The average molecular weight is 383 g/mol. The molecule has 6 rings (SSSR count). The predicted molar refractivity (Wildman–Crippen MR) is 107 cm³/mol. The van der Waals surface area contributed by atoms with Gasteiger partial charge < -0.3 is 15.3 Å². The van der Waals surface area contributed by atoms with Gasteiger partial charge in [0, 0.05) is 24.2 Å². The molecule has 1 aromatic rings. The Kier molecular flexibility index (Phi) is 4.10. The molecule has 5 heteroatoms. The average Bonchev–Trinajstić information content (AvgIpc) is 3.41. The SMILES string of the molecule is CCC1CC2(O)CC(C2)N1C(=O)CC(C)C1C(=O)Nc2cccc(C3CC3)c21. The molecule has 0 radical (unpaired) electrons. The van der Waals surface area contributed by atoms with Crippen LogP contribution in [0.2, 0.25) is 0 Å². The topological polar surface area (TPSA) is 69.6 Å². The summed E-state index contributed by atoms with van der Waals surface area (Å²) in [5.41, 5.74) is 2.83. The zero-order valence-corrected chi connectivity index (χ0v) is 16.8. The van der Waals surface area contributed by atoms with Gasteiger partial charge in [0.15, 0.2) is 0 Å². The number of nitrogens with one attached hydrogen (secondary N) is 1. The van der Waals surface area contributed by atoms with Crippen molar-refractivity contribution in [3.63, 3.8) is 0 Å². The molecule has 3 heterocycles. The molecule has 0 aromatic heterocycles. The molecule has 5 nitrogen and oxygen atoms in total. The van der Waals surface area contributed by atoms with Gasteiger partial charge in [-0.05, 0) is 67.6 Å². The molecular formula is C23H30N2O3. The summed E-state index contributed by atoms with van der Waals surface area (Å²) >= 11 is 0. The number of hydrogen-bond acceptors (Lipinski definition) is 3. The third-order valence-corrected chi connectivity index (χ3v) is 7.47. The number of rotatable bonds is 5. The van der Waals surface area contributed by atoms with Crippen LogP contribution in [0.25, 0.3) is 0 Å². The first-order valence-electron chi connectivity index (χ1n) is 10.9. The largest absolute Gasteiger partial charge is 0.390 e. The van der Waals surface area contributed by atoms with E-state index in [9.17, 15) is 14.7 Å². The van der Waals surface area contributed by atoms with Crippen LogP contribution in [-0.2, 0) is 9.59 Å². The smallest absolute Gasteiger partial charge is 0.232 e. The lowest BCUT2D eigenvalue weighted by atomic mass is 9.66. The van der Waals surface area contributed by atoms with Gasteiger partial charge in [0.1, 0.15) is 0 Å². The van der Waals surface area contributed by atoms with Gasteiger partial charge in [-0.3, -0.25) is 9.59 Å². The van der Waals surface area contributed by atoms with Gasteiger partial charge in [-0.15, -0.1) is 0 Å². The fourth-order valence-electron chi connectivity index (χ4n) is 5.94. The maximum Gasteiger partial charge on any atom is 0.232 e. The summed E-state index contributed by atoms with van der Waals surface area (Å²) in [6, 6.07) is 6.48. The van der Waals surface area contributed by atoms with Crippen LogP contribution in [0, 0.1) is 5.92 Å². The van der Waals surface area contributed by atoms with E-state index in [4.69, 9.17) is 0 Å². The van der Waals surface area contributed by atoms with Crippen molar-refractivity contribution < 1.29 is 14.7 Å². The van der Waals surface area contributed by atoms with E-state index in [0.29, 0.717) is 31.6 Å². The number of anilines is 1. The number of benzene rings is 1. The Hall–Kier alpha value is -1.88. The van der Waals surface area contributed by atoms with E-state index in [1.165, 1.54) is 18.4 Å². The molecule has 28 heavy (non-hydrogen) atoms. The lowest BCUT2D eigenvalue weighted by Gasteiger charge is -2.58. The van der Waals surface area contributed by atoms with E-state index in [2.05, 4.69) is 18.3 Å². The van der Waals surface area contributed by atoms with Gasteiger partial charge in [-0.25, -0.2) is 0 Å². The van der Waals surface area contributed by atoms with Crippen LogP contribution in [0.1, 0.15) is 81.8 Å². The molecule has 3 aliphatic heterocycles. The summed E-state index contributed by atoms with van der Waals surface area (Å²) in [5, 5.41) is 13.5. The van der Waals surface area contributed by atoms with E-state index in [1.807, 2.05) is 24.0 Å². The Morgan fingerprint density at radius 2 is 2.07 bits per heavy atom. The van der Waals surface area contributed by atoms with Gasteiger partial charge in [-0.2, -0.15) is 0 Å². The van der Waals surface area contributed by atoms with Gasteiger partial charge in [0.05, 0.1) is 11.5 Å². The first-order chi connectivity index (χ1) is 13.4. The van der Waals surface area contributed by atoms with E-state index in [-0.39, 0.29) is 35.7 Å². The molecule has 0 spiro atoms. The molecule has 5 aliphatic rings. The Morgan fingerprint density at radius 3 is 2.75 bits per heavy atom. The second kappa shape index (κ2) is 6.31. The number of nitrogens with zero attached hydrogens (tertiary/aromatic N) is 1. The maximum absolute atomic E-state index is 13.2. The molecule has 3 unspecified atom stereocenters. The van der Waals surface area contributed by atoms with Crippen LogP contribution in [0.5, 0.6) is 0 Å². The monoisotopic (exact) mass is 382 g/mol. The van der Waals surface area contributed by atoms with E-state index < -0.39 is 5.60 Å². The van der Waals surface area contributed by atoms with Crippen LogP contribution >= 0.6 is 0 Å². The Labute approximate surface area is 166 Å². The highest BCUT2D eigenvalue weighted by molar-refractivity contribution is 6.04. The zero-order valence-electron chi connectivity index (χ0n) is 16.8. The number of hydrogen-bond donors (Lipinski definition) is 2. The van der Waals surface area contributed by atoms with Crippen molar-refractivity contribution in [2.75, 3.05) is 5.32 Å². The fraction of sp³-hybridized carbons (Fsp3) is 0.652. The number of amides is 2. The summed E-state index contributed by atoms with van der Waals surface area (Å²) in [5.74, 6) is 0.488. The van der Waals surface area contributed by atoms with Crippen molar-refractivity contribution in [1.29, 1.82) is 0 Å². The van der Waals surface area contributed by atoms with Gasteiger partial charge in [-0.1, -0.05) is 26.0 Å². The van der Waals surface area contributed by atoms with Crippen molar-refractivity contribution in [1.82, 2.24) is 4.90 Å². The minimum Gasteiger partial charge on any atom is -0.390 e. The molecule has 150 valence electrons. The standard InChI is InChI=1S/C23H30N2O3/c1-3-15-10-23(28)11-16(12-23)25(15)19(26)9-13(2)20-21-17(14-7-8-14)5-4-6-18(21)24-22(20)27/h4-6,13-16,20,28H,3,7-12H2,1-2H3,(H,24,27).